The lowest BCUT2D eigenvalue weighted by Gasteiger charge is -2.12. The number of methoxy groups -OCH3 is 1. The molecule has 0 fully saturated rings. The van der Waals surface area contributed by atoms with E-state index in [-0.39, 0.29) is 24.9 Å². The van der Waals surface area contributed by atoms with Gasteiger partial charge in [0.1, 0.15) is 5.69 Å². The second-order valence-corrected chi connectivity index (χ2v) is 7.62. The van der Waals surface area contributed by atoms with E-state index in [0.29, 0.717) is 28.9 Å². The Morgan fingerprint density at radius 3 is 2.65 bits per heavy atom. The quantitative estimate of drug-likeness (QED) is 0.227. The molecule has 0 saturated carbocycles. The van der Waals surface area contributed by atoms with Gasteiger partial charge in [0.2, 0.25) is 0 Å². The Balaban J connectivity index is 1.57. The first-order valence-corrected chi connectivity index (χ1v) is 11.2. The molecule has 4 N–H and O–H groups in total. The number of esters is 1. The van der Waals surface area contributed by atoms with E-state index in [1.807, 2.05) is 30.3 Å². The van der Waals surface area contributed by atoms with Gasteiger partial charge in [-0.05, 0) is 24.6 Å². The predicted octanol–water partition coefficient (Wildman–Crippen LogP) is 3.27. The van der Waals surface area contributed by atoms with Gasteiger partial charge in [-0.3, -0.25) is 4.79 Å². The Kier molecular flexibility index (Phi) is 8.81. The van der Waals surface area contributed by atoms with Gasteiger partial charge in [-0.15, -0.1) is 11.3 Å². The van der Waals surface area contributed by atoms with Crippen LogP contribution in [0.5, 0.6) is 11.5 Å². The number of benzene rings is 2. The van der Waals surface area contributed by atoms with Gasteiger partial charge in [0.15, 0.2) is 29.2 Å². The maximum absolute atomic E-state index is 12.6. The summed E-state index contributed by atoms with van der Waals surface area (Å²) in [5.41, 5.74) is 7.63. The molecule has 0 radical (unpaired) electrons. The maximum Gasteiger partial charge on any atom is 0.344 e. The molecule has 0 atom stereocenters. The summed E-state index contributed by atoms with van der Waals surface area (Å²) in [6, 6.07) is 14.5. The van der Waals surface area contributed by atoms with Crippen LogP contribution >= 0.6 is 11.3 Å². The van der Waals surface area contributed by atoms with Crippen molar-refractivity contribution in [1.29, 1.82) is 0 Å². The smallest absolute Gasteiger partial charge is 0.344 e. The van der Waals surface area contributed by atoms with E-state index in [2.05, 4.69) is 20.6 Å². The molecule has 1 aromatic heterocycles. The summed E-state index contributed by atoms with van der Waals surface area (Å²) < 4.78 is 15.5. The third kappa shape index (κ3) is 7.20. The van der Waals surface area contributed by atoms with E-state index in [0.717, 1.165) is 5.56 Å². The highest BCUT2D eigenvalue weighted by Crippen LogP contribution is 2.30. The molecule has 2 aromatic carbocycles. The number of nitrogens with zero attached hydrogens (tertiary/aromatic N) is 2. The van der Waals surface area contributed by atoms with Crippen molar-refractivity contribution in [1.82, 2.24) is 4.98 Å². The molecule has 0 bridgehead atoms. The second-order valence-electron chi connectivity index (χ2n) is 6.76. The monoisotopic (exact) mass is 483 g/mol. The van der Waals surface area contributed by atoms with Gasteiger partial charge in [0.25, 0.3) is 5.91 Å². The summed E-state index contributed by atoms with van der Waals surface area (Å²) in [5, 5.41) is 7.69. The maximum atomic E-state index is 12.6. The minimum absolute atomic E-state index is 0.202. The molecule has 0 aliphatic carbocycles. The fourth-order valence-corrected chi connectivity index (χ4v) is 3.44. The molecule has 10 nitrogen and oxygen atoms in total. The number of carbonyl (C=O) groups excluding carboxylic acids is 2. The Morgan fingerprint density at radius 2 is 1.91 bits per heavy atom. The standard InChI is InChI=1S/C23H25N5O5S/c1-3-32-20(29)13-33-18-10-9-16(11-19(18)31-2)26-21(30)17-14-34-23(27-17)28-22(24)25-12-15-7-5-4-6-8-15/h4-11,14H,3,12-13H2,1-2H3,(H,26,30)(H3,24,25,27,28). The van der Waals surface area contributed by atoms with E-state index >= 15 is 0 Å². The van der Waals surface area contributed by atoms with E-state index < -0.39 is 11.9 Å². The van der Waals surface area contributed by atoms with Crippen LogP contribution in [-0.2, 0) is 16.1 Å². The third-order valence-corrected chi connectivity index (χ3v) is 5.08. The van der Waals surface area contributed by atoms with Crippen LogP contribution < -0.4 is 25.8 Å². The first kappa shape index (κ1) is 24.5. The molecule has 1 heterocycles. The number of hydrogen-bond donors (Lipinski definition) is 3. The molecule has 0 aliphatic rings. The van der Waals surface area contributed by atoms with Crippen LogP contribution in [0.4, 0.5) is 10.8 Å². The molecule has 0 unspecified atom stereocenters. The van der Waals surface area contributed by atoms with Crippen LogP contribution in [0.25, 0.3) is 0 Å². The molecule has 0 spiro atoms. The average molecular weight is 484 g/mol. The van der Waals surface area contributed by atoms with Crippen LogP contribution in [0, 0.1) is 0 Å². The summed E-state index contributed by atoms with van der Waals surface area (Å²) in [6.45, 7) is 2.17. The van der Waals surface area contributed by atoms with E-state index in [9.17, 15) is 9.59 Å². The molecule has 34 heavy (non-hydrogen) atoms. The largest absolute Gasteiger partial charge is 0.493 e. The SMILES string of the molecule is CCOC(=O)COc1ccc(NC(=O)c2csc(NC(N)=NCc3ccccc3)n2)cc1OC. The van der Waals surface area contributed by atoms with Crippen molar-refractivity contribution in [2.75, 3.05) is 31.0 Å². The number of aromatic nitrogens is 1. The minimum Gasteiger partial charge on any atom is -0.493 e. The summed E-state index contributed by atoms with van der Waals surface area (Å²) >= 11 is 1.23. The third-order valence-electron chi connectivity index (χ3n) is 4.32. The first-order chi connectivity index (χ1) is 16.5. The summed E-state index contributed by atoms with van der Waals surface area (Å²) in [6.07, 6.45) is 0. The number of amides is 1. The van der Waals surface area contributed by atoms with E-state index in [1.54, 1.807) is 30.5 Å². The van der Waals surface area contributed by atoms with Gasteiger partial charge in [-0.1, -0.05) is 30.3 Å². The van der Waals surface area contributed by atoms with Gasteiger partial charge in [-0.25, -0.2) is 14.8 Å². The number of guanidine groups is 1. The molecule has 0 aliphatic heterocycles. The van der Waals surface area contributed by atoms with Crippen LogP contribution in [0.3, 0.4) is 0 Å². The fourth-order valence-electron chi connectivity index (χ4n) is 2.74. The normalized spacial score (nSPS) is 10.9. The lowest BCUT2D eigenvalue weighted by Crippen LogP contribution is -2.22. The van der Waals surface area contributed by atoms with Crippen molar-refractivity contribution < 1.29 is 23.8 Å². The second kappa shape index (κ2) is 12.2. The predicted molar refractivity (Wildman–Crippen MR) is 131 cm³/mol. The summed E-state index contributed by atoms with van der Waals surface area (Å²) in [5.74, 6) is 0.00404. The molecule has 1 amide bonds. The Hall–Kier alpha value is -4.12. The van der Waals surface area contributed by atoms with Crippen LogP contribution in [0.2, 0.25) is 0 Å². The Labute approximate surface area is 200 Å². The van der Waals surface area contributed by atoms with Gasteiger partial charge in [0.05, 0.1) is 20.3 Å². The average Bonchev–Trinajstić information content (AvgIpc) is 3.31. The zero-order valence-electron chi connectivity index (χ0n) is 18.7. The molecule has 3 rings (SSSR count). The summed E-state index contributed by atoms with van der Waals surface area (Å²) in [4.78, 5) is 32.6. The highest BCUT2D eigenvalue weighted by Gasteiger charge is 2.14. The molecule has 3 aromatic rings. The van der Waals surface area contributed by atoms with Crippen molar-refractivity contribution in [3.8, 4) is 11.5 Å². The number of nitrogens with two attached hydrogens (primary N) is 1. The molecule has 11 heteroatoms. The van der Waals surface area contributed by atoms with E-state index in [1.165, 1.54) is 18.4 Å². The fraction of sp³-hybridized carbons (Fsp3) is 0.217. The molecule has 178 valence electrons. The van der Waals surface area contributed by atoms with Gasteiger partial charge < -0.3 is 30.6 Å². The Bertz CT molecular complexity index is 1150. The van der Waals surface area contributed by atoms with E-state index in [4.69, 9.17) is 19.9 Å². The number of carbonyl (C=O) groups is 2. The number of thiazole rings is 1. The lowest BCUT2D eigenvalue weighted by atomic mass is 10.2. The number of anilines is 2. The molecule has 0 saturated heterocycles. The lowest BCUT2D eigenvalue weighted by molar-refractivity contribution is -0.145. The number of nitrogens with one attached hydrogen (secondary N) is 2. The van der Waals surface area contributed by atoms with Crippen molar-refractivity contribution >= 4 is 40.0 Å². The van der Waals surface area contributed by atoms with Gasteiger partial charge in [-0.2, -0.15) is 0 Å². The number of aliphatic imine (C=N–C) groups is 1. The van der Waals surface area contributed by atoms with Crippen molar-refractivity contribution in [3.05, 3.63) is 65.2 Å². The first-order valence-electron chi connectivity index (χ1n) is 10.3. The zero-order chi connectivity index (χ0) is 24.3. The van der Waals surface area contributed by atoms with Gasteiger partial charge in [0, 0.05) is 17.1 Å². The molecular weight excluding hydrogens is 458 g/mol. The van der Waals surface area contributed by atoms with Crippen molar-refractivity contribution in [2.45, 2.75) is 13.5 Å². The van der Waals surface area contributed by atoms with Gasteiger partial charge >= 0.3 is 5.97 Å². The molecular formula is C23H25N5O5S. The highest BCUT2D eigenvalue weighted by molar-refractivity contribution is 7.14. The zero-order valence-corrected chi connectivity index (χ0v) is 19.6. The number of ether oxygens (including phenoxy) is 3. The minimum atomic E-state index is -0.486. The Morgan fingerprint density at radius 1 is 1.12 bits per heavy atom. The number of rotatable bonds is 10. The van der Waals surface area contributed by atoms with Crippen LogP contribution in [0.1, 0.15) is 23.0 Å². The van der Waals surface area contributed by atoms with Crippen molar-refractivity contribution in [3.63, 3.8) is 0 Å². The van der Waals surface area contributed by atoms with Crippen LogP contribution in [-0.4, -0.2) is 43.1 Å². The topological polar surface area (TPSA) is 137 Å². The van der Waals surface area contributed by atoms with Crippen molar-refractivity contribution in [2.24, 2.45) is 10.7 Å². The highest BCUT2D eigenvalue weighted by atomic mass is 32.1. The number of hydrogen-bond acceptors (Lipinski definition) is 8. The van der Waals surface area contributed by atoms with Crippen LogP contribution in [0.15, 0.2) is 58.9 Å². The summed E-state index contributed by atoms with van der Waals surface area (Å²) in [7, 11) is 1.46.